The third-order valence-corrected chi connectivity index (χ3v) is 8.67. The van der Waals surface area contributed by atoms with E-state index in [1.807, 2.05) is 78.9 Å². The van der Waals surface area contributed by atoms with Crippen molar-refractivity contribution >= 4 is 65.7 Å². The van der Waals surface area contributed by atoms with Gasteiger partial charge in [0.2, 0.25) is 5.95 Å². The molecule has 0 fully saturated rings. The summed E-state index contributed by atoms with van der Waals surface area (Å²) in [4.78, 5) is 15.3. The molecular formula is C39H22N4O2. The van der Waals surface area contributed by atoms with E-state index >= 15 is 0 Å². The number of rotatable bonds is 3. The number of hydrogen-bond acceptors (Lipinski definition) is 5. The van der Waals surface area contributed by atoms with Gasteiger partial charge in [-0.1, -0.05) is 84.9 Å². The summed E-state index contributed by atoms with van der Waals surface area (Å²) in [5, 5.41) is 6.49. The van der Waals surface area contributed by atoms with Crippen LogP contribution in [0.15, 0.2) is 142 Å². The van der Waals surface area contributed by atoms with E-state index in [2.05, 4.69) is 59.2 Å². The first-order valence-corrected chi connectivity index (χ1v) is 14.9. The Kier molecular flexibility index (Phi) is 4.90. The van der Waals surface area contributed by atoms with Crippen LogP contribution in [-0.4, -0.2) is 19.5 Å². The quantitative estimate of drug-likeness (QED) is 0.209. The molecule has 0 amide bonds. The van der Waals surface area contributed by atoms with Crippen LogP contribution in [0, 0.1) is 0 Å². The van der Waals surface area contributed by atoms with Gasteiger partial charge in [-0.3, -0.25) is 4.57 Å². The molecule has 10 aromatic rings. The molecule has 4 heterocycles. The monoisotopic (exact) mass is 578 g/mol. The maximum Gasteiger partial charge on any atom is 0.238 e. The highest BCUT2D eigenvalue weighted by Crippen LogP contribution is 2.41. The van der Waals surface area contributed by atoms with Gasteiger partial charge in [0.05, 0.1) is 11.0 Å². The van der Waals surface area contributed by atoms with E-state index in [0.29, 0.717) is 17.6 Å². The molecule has 6 nitrogen and oxygen atoms in total. The van der Waals surface area contributed by atoms with Crippen LogP contribution >= 0.6 is 0 Å². The molecule has 0 aliphatic heterocycles. The van der Waals surface area contributed by atoms with Gasteiger partial charge in [0.25, 0.3) is 0 Å². The zero-order valence-corrected chi connectivity index (χ0v) is 23.8. The molecule has 0 aliphatic carbocycles. The molecule has 6 aromatic carbocycles. The summed E-state index contributed by atoms with van der Waals surface area (Å²) in [6.45, 7) is 0. The number of benzene rings is 6. The predicted molar refractivity (Wildman–Crippen MR) is 180 cm³/mol. The van der Waals surface area contributed by atoms with Gasteiger partial charge in [0.1, 0.15) is 22.3 Å². The molecule has 210 valence electrons. The van der Waals surface area contributed by atoms with E-state index in [1.54, 1.807) is 0 Å². The fourth-order valence-corrected chi connectivity index (χ4v) is 6.67. The molecule has 0 spiro atoms. The summed E-state index contributed by atoms with van der Waals surface area (Å²) >= 11 is 0. The maximum atomic E-state index is 6.28. The maximum absolute atomic E-state index is 6.28. The molecular weight excluding hydrogens is 556 g/mol. The number of para-hydroxylation sites is 3. The zero-order chi connectivity index (χ0) is 29.5. The first kappa shape index (κ1) is 24.2. The van der Waals surface area contributed by atoms with Crippen LogP contribution in [-0.2, 0) is 0 Å². The number of hydrogen-bond donors (Lipinski definition) is 0. The first-order chi connectivity index (χ1) is 22.3. The van der Waals surface area contributed by atoms with Crippen LogP contribution in [0.2, 0.25) is 0 Å². The molecule has 0 N–H and O–H groups in total. The second-order valence-corrected chi connectivity index (χ2v) is 11.2. The highest BCUT2D eigenvalue weighted by Gasteiger charge is 2.21. The van der Waals surface area contributed by atoms with Gasteiger partial charge in [-0.15, -0.1) is 0 Å². The fraction of sp³-hybridized carbons (Fsp3) is 0. The molecule has 0 saturated heterocycles. The summed E-state index contributed by atoms with van der Waals surface area (Å²) in [5.41, 5.74) is 7.23. The molecule has 0 unspecified atom stereocenters. The summed E-state index contributed by atoms with van der Waals surface area (Å²) in [5.74, 6) is 1.75. The van der Waals surface area contributed by atoms with Gasteiger partial charge in [0, 0.05) is 43.4 Å². The summed E-state index contributed by atoms with van der Waals surface area (Å²) < 4.78 is 14.5. The Balaban J connectivity index is 1.29. The number of aromatic nitrogens is 4. The van der Waals surface area contributed by atoms with E-state index in [4.69, 9.17) is 23.8 Å². The second kappa shape index (κ2) is 9.11. The summed E-state index contributed by atoms with van der Waals surface area (Å²) in [6.07, 6.45) is 0. The van der Waals surface area contributed by atoms with E-state index in [-0.39, 0.29) is 0 Å². The SMILES string of the molecule is c1ccc(-c2nc(-c3ccc4oc5ccccc5c4c3)nc(-n3c4ccccc4c4c5c(ccc43)oc3ccccc35)n2)cc1. The minimum Gasteiger partial charge on any atom is -0.456 e. The normalized spacial score (nSPS) is 12.0. The molecule has 0 aliphatic rings. The summed E-state index contributed by atoms with van der Waals surface area (Å²) in [7, 11) is 0. The lowest BCUT2D eigenvalue weighted by molar-refractivity contribution is 0.668. The molecule has 45 heavy (non-hydrogen) atoms. The fourth-order valence-electron chi connectivity index (χ4n) is 6.67. The lowest BCUT2D eigenvalue weighted by Crippen LogP contribution is -2.06. The van der Waals surface area contributed by atoms with Crippen LogP contribution in [0.25, 0.3) is 94.4 Å². The number of nitrogens with zero attached hydrogens (tertiary/aromatic N) is 4. The molecule has 4 aromatic heterocycles. The third kappa shape index (κ3) is 3.53. The minimum absolute atomic E-state index is 0.550. The molecule has 6 heteroatoms. The van der Waals surface area contributed by atoms with Crippen molar-refractivity contribution in [2.75, 3.05) is 0 Å². The Morgan fingerprint density at radius 2 is 1.02 bits per heavy atom. The number of furan rings is 2. The van der Waals surface area contributed by atoms with Gasteiger partial charge >= 0.3 is 0 Å². The Hall–Kier alpha value is -6.27. The van der Waals surface area contributed by atoms with Crippen molar-refractivity contribution < 1.29 is 8.83 Å². The van der Waals surface area contributed by atoms with Crippen molar-refractivity contribution in [1.82, 2.24) is 19.5 Å². The van der Waals surface area contributed by atoms with Crippen LogP contribution in [0.3, 0.4) is 0 Å². The second-order valence-electron chi connectivity index (χ2n) is 11.2. The Labute approximate surface area is 255 Å². The van der Waals surface area contributed by atoms with Gasteiger partial charge in [-0.25, -0.2) is 4.98 Å². The average molecular weight is 579 g/mol. The zero-order valence-electron chi connectivity index (χ0n) is 23.8. The van der Waals surface area contributed by atoms with E-state index in [9.17, 15) is 0 Å². The van der Waals surface area contributed by atoms with Crippen molar-refractivity contribution in [3.05, 3.63) is 133 Å². The largest absolute Gasteiger partial charge is 0.456 e. The van der Waals surface area contributed by atoms with Crippen LogP contribution < -0.4 is 0 Å². The molecule has 0 saturated carbocycles. The Morgan fingerprint density at radius 3 is 1.87 bits per heavy atom. The van der Waals surface area contributed by atoms with E-state index < -0.39 is 0 Å². The van der Waals surface area contributed by atoms with E-state index in [1.165, 1.54) is 0 Å². The van der Waals surface area contributed by atoms with Gasteiger partial charge < -0.3 is 8.83 Å². The Morgan fingerprint density at radius 1 is 0.400 bits per heavy atom. The highest BCUT2D eigenvalue weighted by molar-refractivity contribution is 6.27. The smallest absolute Gasteiger partial charge is 0.238 e. The lowest BCUT2D eigenvalue weighted by Gasteiger charge is -2.11. The van der Waals surface area contributed by atoms with Gasteiger partial charge in [0.15, 0.2) is 11.6 Å². The lowest BCUT2D eigenvalue weighted by atomic mass is 10.1. The van der Waals surface area contributed by atoms with Crippen LogP contribution in [0.4, 0.5) is 0 Å². The van der Waals surface area contributed by atoms with Crippen LogP contribution in [0.5, 0.6) is 0 Å². The average Bonchev–Trinajstić information content (AvgIpc) is 3.77. The van der Waals surface area contributed by atoms with Crippen molar-refractivity contribution in [2.24, 2.45) is 0 Å². The standard InChI is InChI=1S/C39H22N4O2/c1-2-10-23(11-3-1)37-40-38(24-18-20-33-28(22-24)25-12-5-8-16-31(25)44-33)42-39(41-37)43-29-15-7-4-13-26(29)35-30(43)19-21-34-36(35)27-14-6-9-17-32(27)45-34/h1-22H. The Bertz CT molecular complexity index is 2770. The molecule has 0 atom stereocenters. The highest BCUT2D eigenvalue weighted by atomic mass is 16.3. The topological polar surface area (TPSA) is 69.9 Å². The molecule has 0 bridgehead atoms. The van der Waals surface area contributed by atoms with Crippen molar-refractivity contribution in [1.29, 1.82) is 0 Å². The predicted octanol–water partition coefficient (Wildman–Crippen LogP) is 10.1. The molecule has 0 radical (unpaired) electrons. The third-order valence-electron chi connectivity index (χ3n) is 8.67. The first-order valence-electron chi connectivity index (χ1n) is 14.9. The summed E-state index contributed by atoms with van der Waals surface area (Å²) in [6, 6.07) is 45.1. The van der Waals surface area contributed by atoms with Crippen LogP contribution in [0.1, 0.15) is 0 Å². The van der Waals surface area contributed by atoms with Crippen molar-refractivity contribution in [2.45, 2.75) is 0 Å². The minimum atomic E-state index is 0.550. The molecule has 10 rings (SSSR count). The van der Waals surface area contributed by atoms with Gasteiger partial charge in [-0.05, 0) is 48.5 Å². The number of fused-ring (bicyclic) bond motifs is 10. The van der Waals surface area contributed by atoms with Crippen molar-refractivity contribution in [3.63, 3.8) is 0 Å². The van der Waals surface area contributed by atoms with Crippen molar-refractivity contribution in [3.8, 4) is 28.7 Å². The van der Waals surface area contributed by atoms with E-state index in [0.717, 1.165) is 76.8 Å². The van der Waals surface area contributed by atoms with Gasteiger partial charge in [-0.2, -0.15) is 9.97 Å².